The minimum atomic E-state index is -0.573. The van der Waals surface area contributed by atoms with E-state index in [9.17, 15) is 14.9 Å². The van der Waals surface area contributed by atoms with Crippen molar-refractivity contribution in [2.24, 2.45) is 0 Å². The number of carbonyl (C=O) groups excluding carboxylic acids is 1. The maximum atomic E-state index is 12.4. The number of rotatable bonds is 4. The highest BCUT2D eigenvalue weighted by molar-refractivity contribution is 6.31. The number of hydrogen-bond acceptors (Lipinski definition) is 3. The maximum Gasteiger partial charge on any atom is 0.282 e. The van der Waals surface area contributed by atoms with Gasteiger partial charge in [0.25, 0.3) is 11.6 Å². The molecule has 5 nitrogen and oxygen atoms in total. The largest absolute Gasteiger partial charge is 0.336 e. The van der Waals surface area contributed by atoms with E-state index in [-0.39, 0.29) is 16.8 Å². The fraction of sp³-hybridized carbons (Fsp3) is 0.462. The van der Waals surface area contributed by atoms with Gasteiger partial charge in [-0.2, -0.15) is 0 Å². The molecule has 1 aromatic rings. The van der Waals surface area contributed by atoms with E-state index in [2.05, 4.69) is 0 Å². The molecule has 0 atom stereocenters. The molecule has 0 fully saturated rings. The fourth-order valence-corrected chi connectivity index (χ4v) is 1.70. The molecule has 0 saturated heterocycles. The van der Waals surface area contributed by atoms with E-state index in [4.69, 9.17) is 11.6 Å². The molecule has 0 aliphatic carbocycles. The summed E-state index contributed by atoms with van der Waals surface area (Å²) in [6.45, 7) is 5.76. The number of amides is 1. The molecule has 0 aliphatic rings. The van der Waals surface area contributed by atoms with E-state index in [0.717, 1.165) is 6.42 Å². The summed E-state index contributed by atoms with van der Waals surface area (Å²) in [5.41, 5.74) is -0.595. The quantitative estimate of drug-likeness (QED) is 0.628. The van der Waals surface area contributed by atoms with Crippen LogP contribution >= 0.6 is 11.6 Å². The van der Waals surface area contributed by atoms with Gasteiger partial charge in [-0.25, -0.2) is 0 Å². The van der Waals surface area contributed by atoms with Crippen LogP contribution < -0.4 is 0 Å². The third-order valence-electron chi connectivity index (χ3n) is 3.46. The highest BCUT2D eigenvalue weighted by atomic mass is 35.5. The van der Waals surface area contributed by atoms with Crippen molar-refractivity contribution in [2.45, 2.75) is 32.7 Å². The Labute approximate surface area is 117 Å². The van der Waals surface area contributed by atoms with Gasteiger partial charge < -0.3 is 4.90 Å². The SMILES string of the molecule is CCC(C)(C)N(C)C(=O)c1cc(Cl)ccc1[N+](=O)[O-]. The van der Waals surface area contributed by atoms with Crippen LogP contribution in [0.25, 0.3) is 0 Å². The van der Waals surface area contributed by atoms with Crippen LogP contribution in [0.2, 0.25) is 5.02 Å². The van der Waals surface area contributed by atoms with Crippen LogP contribution in [0.1, 0.15) is 37.6 Å². The van der Waals surface area contributed by atoms with Gasteiger partial charge in [0.05, 0.1) is 4.92 Å². The van der Waals surface area contributed by atoms with Crippen LogP contribution in [-0.2, 0) is 0 Å². The number of hydrogen-bond donors (Lipinski definition) is 0. The molecule has 0 N–H and O–H groups in total. The van der Waals surface area contributed by atoms with Gasteiger partial charge in [-0.3, -0.25) is 14.9 Å². The van der Waals surface area contributed by atoms with Crippen molar-refractivity contribution < 1.29 is 9.72 Å². The first-order valence-electron chi connectivity index (χ1n) is 5.92. The minimum Gasteiger partial charge on any atom is -0.336 e. The molecule has 0 unspecified atom stereocenters. The number of nitro benzene ring substituents is 1. The standard InChI is InChI=1S/C13H17ClN2O3/c1-5-13(2,3)15(4)12(17)10-8-9(14)6-7-11(10)16(18)19/h6-8H,5H2,1-4H3. The van der Waals surface area contributed by atoms with E-state index in [1.807, 2.05) is 20.8 Å². The molecule has 19 heavy (non-hydrogen) atoms. The van der Waals surface area contributed by atoms with Crippen LogP contribution in [0.3, 0.4) is 0 Å². The topological polar surface area (TPSA) is 63.5 Å². The number of nitrogens with zero attached hydrogens (tertiary/aromatic N) is 2. The number of halogens is 1. The third-order valence-corrected chi connectivity index (χ3v) is 3.70. The molecular weight excluding hydrogens is 268 g/mol. The zero-order valence-electron chi connectivity index (χ0n) is 11.4. The first-order valence-corrected chi connectivity index (χ1v) is 6.30. The summed E-state index contributed by atoms with van der Waals surface area (Å²) in [5, 5.41) is 11.3. The Balaban J connectivity index is 3.26. The summed E-state index contributed by atoms with van der Waals surface area (Å²) in [6.07, 6.45) is 0.740. The van der Waals surface area contributed by atoms with Crippen LogP contribution in [0.4, 0.5) is 5.69 Å². The first kappa shape index (κ1) is 15.4. The normalized spacial score (nSPS) is 11.2. The number of carbonyl (C=O) groups is 1. The van der Waals surface area contributed by atoms with Gasteiger partial charge >= 0.3 is 0 Å². The van der Waals surface area contributed by atoms with Crippen molar-refractivity contribution >= 4 is 23.2 Å². The lowest BCUT2D eigenvalue weighted by Crippen LogP contribution is -2.44. The Bertz CT molecular complexity index is 515. The van der Waals surface area contributed by atoms with Gasteiger partial charge in [-0.05, 0) is 32.4 Å². The second-order valence-corrected chi connectivity index (χ2v) is 5.39. The Morgan fingerprint density at radius 2 is 2.05 bits per heavy atom. The number of nitro groups is 1. The van der Waals surface area contributed by atoms with Crippen molar-refractivity contribution in [3.8, 4) is 0 Å². The first-order chi connectivity index (χ1) is 8.70. The van der Waals surface area contributed by atoms with Crippen LogP contribution in [0.15, 0.2) is 18.2 Å². The highest BCUT2D eigenvalue weighted by Gasteiger charge is 2.30. The summed E-state index contributed by atoms with van der Waals surface area (Å²) in [7, 11) is 1.64. The summed E-state index contributed by atoms with van der Waals surface area (Å²) < 4.78 is 0. The van der Waals surface area contributed by atoms with Gasteiger partial charge in [0.15, 0.2) is 0 Å². The second kappa shape index (κ2) is 5.57. The monoisotopic (exact) mass is 284 g/mol. The summed E-state index contributed by atoms with van der Waals surface area (Å²) in [4.78, 5) is 24.3. The van der Waals surface area contributed by atoms with E-state index in [1.165, 1.54) is 23.1 Å². The molecule has 0 radical (unpaired) electrons. The maximum absolute atomic E-state index is 12.4. The zero-order valence-corrected chi connectivity index (χ0v) is 12.2. The van der Waals surface area contributed by atoms with Crippen LogP contribution in [0, 0.1) is 10.1 Å². The van der Waals surface area contributed by atoms with E-state index in [1.54, 1.807) is 7.05 Å². The van der Waals surface area contributed by atoms with Gasteiger partial charge in [0, 0.05) is 23.7 Å². The Morgan fingerprint density at radius 1 is 1.47 bits per heavy atom. The van der Waals surface area contributed by atoms with Gasteiger partial charge in [-0.15, -0.1) is 0 Å². The molecule has 104 valence electrons. The highest BCUT2D eigenvalue weighted by Crippen LogP contribution is 2.27. The Hall–Kier alpha value is -1.62. The van der Waals surface area contributed by atoms with E-state index >= 15 is 0 Å². The van der Waals surface area contributed by atoms with Crippen LogP contribution in [0.5, 0.6) is 0 Å². The zero-order chi connectivity index (χ0) is 14.8. The molecule has 0 spiro atoms. The molecule has 1 rings (SSSR count). The number of benzene rings is 1. The van der Waals surface area contributed by atoms with Gasteiger partial charge in [0.2, 0.25) is 0 Å². The lowest BCUT2D eigenvalue weighted by atomic mass is 9.98. The summed E-state index contributed by atoms with van der Waals surface area (Å²) >= 11 is 5.83. The molecule has 0 bridgehead atoms. The van der Waals surface area contributed by atoms with Crippen molar-refractivity contribution in [3.63, 3.8) is 0 Å². The van der Waals surface area contributed by atoms with E-state index in [0.29, 0.717) is 5.02 Å². The molecule has 1 aromatic carbocycles. The van der Waals surface area contributed by atoms with Crippen molar-refractivity contribution in [1.29, 1.82) is 0 Å². The Kier molecular flexibility index (Phi) is 4.52. The predicted molar refractivity (Wildman–Crippen MR) is 74.6 cm³/mol. The fourth-order valence-electron chi connectivity index (χ4n) is 1.53. The predicted octanol–water partition coefficient (Wildman–Crippen LogP) is 3.51. The van der Waals surface area contributed by atoms with Crippen LogP contribution in [-0.4, -0.2) is 28.3 Å². The second-order valence-electron chi connectivity index (χ2n) is 4.95. The smallest absolute Gasteiger partial charge is 0.282 e. The minimum absolute atomic E-state index is 0.0153. The van der Waals surface area contributed by atoms with E-state index < -0.39 is 10.8 Å². The average Bonchev–Trinajstić information content (AvgIpc) is 2.36. The molecule has 0 saturated carbocycles. The third kappa shape index (κ3) is 3.23. The van der Waals surface area contributed by atoms with Gasteiger partial charge in [-0.1, -0.05) is 18.5 Å². The molecule has 1 amide bonds. The molecule has 6 heteroatoms. The molecule has 0 aromatic heterocycles. The van der Waals surface area contributed by atoms with Crippen molar-refractivity contribution in [2.75, 3.05) is 7.05 Å². The van der Waals surface area contributed by atoms with Gasteiger partial charge in [0.1, 0.15) is 5.56 Å². The average molecular weight is 285 g/mol. The summed E-state index contributed by atoms with van der Waals surface area (Å²) in [6, 6.07) is 3.99. The van der Waals surface area contributed by atoms with Crippen molar-refractivity contribution in [1.82, 2.24) is 4.90 Å². The molecular formula is C13H17ClN2O3. The lowest BCUT2D eigenvalue weighted by molar-refractivity contribution is -0.385. The van der Waals surface area contributed by atoms with Crippen molar-refractivity contribution in [3.05, 3.63) is 38.9 Å². The molecule has 0 aliphatic heterocycles. The molecule has 0 heterocycles. The summed E-state index contributed by atoms with van der Waals surface area (Å²) in [5.74, 6) is -0.402. The lowest BCUT2D eigenvalue weighted by Gasteiger charge is -2.34. The Morgan fingerprint density at radius 3 is 2.53 bits per heavy atom.